The molecule has 0 radical (unpaired) electrons. The number of rotatable bonds is 9. The van der Waals surface area contributed by atoms with Crippen LogP contribution in [0.5, 0.6) is 5.75 Å². The molecule has 0 aliphatic carbocycles. The minimum atomic E-state index is 0.296. The van der Waals surface area contributed by atoms with Gasteiger partial charge in [0, 0.05) is 32.1 Å². The van der Waals surface area contributed by atoms with Crippen molar-refractivity contribution in [3.63, 3.8) is 0 Å². The fraction of sp³-hybridized carbons (Fsp3) is 0.565. The van der Waals surface area contributed by atoms with E-state index in [-0.39, 0.29) is 0 Å². The minimum absolute atomic E-state index is 0.296. The molecule has 1 saturated heterocycles. The molecule has 0 saturated carbocycles. The molecular formula is C23H35N5O2. The van der Waals surface area contributed by atoms with Crippen LogP contribution in [0.2, 0.25) is 0 Å². The zero-order chi connectivity index (χ0) is 21.3. The van der Waals surface area contributed by atoms with E-state index in [0.29, 0.717) is 12.6 Å². The second-order valence-corrected chi connectivity index (χ2v) is 7.58. The van der Waals surface area contributed by atoms with Gasteiger partial charge in [-0.25, -0.2) is 0 Å². The molecule has 3 rings (SSSR count). The Hall–Kier alpha value is -2.54. The van der Waals surface area contributed by atoms with Gasteiger partial charge < -0.3 is 19.9 Å². The van der Waals surface area contributed by atoms with E-state index in [9.17, 15) is 0 Å². The highest BCUT2D eigenvalue weighted by atomic mass is 16.5. The maximum Gasteiger partial charge on any atom is 0.191 e. The largest absolute Gasteiger partial charge is 0.497 e. The van der Waals surface area contributed by atoms with Crippen molar-refractivity contribution in [2.75, 3.05) is 33.8 Å². The van der Waals surface area contributed by atoms with Gasteiger partial charge in [0.25, 0.3) is 0 Å². The Kier molecular flexibility index (Phi) is 8.13. The monoisotopic (exact) mass is 413 g/mol. The van der Waals surface area contributed by atoms with Crippen molar-refractivity contribution in [2.45, 2.75) is 52.1 Å². The molecule has 1 aromatic carbocycles. The molecule has 2 aromatic rings. The first-order valence-electron chi connectivity index (χ1n) is 11.0. The number of guanidine groups is 1. The molecule has 7 nitrogen and oxygen atoms in total. The van der Waals surface area contributed by atoms with Crippen LogP contribution in [0.3, 0.4) is 0 Å². The third-order valence-corrected chi connectivity index (χ3v) is 5.81. The molecule has 30 heavy (non-hydrogen) atoms. The summed E-state index contributed by atoms with van der Waals surface area (Å²) in [7, 11) is 3.51. The lowest BCUT2D eigenvalue weighted by Crippen LogP contribution is -2.42. The van der Waals surface area contributed by atoms with Gasteiger partial charge in [-0.2, -0.15) is 0 Å². The summed E-state index contributed by atoms with van der Waals surface area (Å²) in [5, 5.41) is 11.2. The Labute approximate surface area is 179 Å². The van der Waals surface area contributed by atoms with Crippen molar-refractivity contribution in [1.82, 2.24) is 20.7 Å². The van der Waals surface area contributed by atoms with Crippen molar-refractivity contribution in [3.05, 3.63) is 46.8 Å². The van der Waals surface area contributed by atoms with E-state index in [2.05, 4.69) is 51.7 Å². The van der Waals surface area contributed by atoms with Crippen LogP contribution in [-0.2, 0) is 19.4 Å². The normalized spacial score (nSPS) is 15.9. The summed E-state index contributed by atoms with van der Waals surface area (Å²) in [4.78, 5) is 6.97. The van der Waals surface area contributed by atoms with E-state index < -0.39 is 0 Å². The summed E-state index contributed by atoms with van der Waals surface area (Å²) in [6.07, 6.45) is 4.21. The van der Waals surface area contributed by atoms with Crippen molar-refractivity contribution in [1.29, 1.82) is 0 Å². The SMILES string of the molecule is CCc1noc(CC)c1CNC(=NC)NCC(c1ccc(OC)cc1)N1CCCC1. The van der Waals surface area contributed by atoms with Gasteiger partial charge in [-0.3, -0.25) is 9.89 Å². The van der Waals surface area contributed by atoms with Crippen molar-refractivity contribution in [2.24, 2.45) is 4.99 Å². The Morgan fingerprint density at radius 1 is 1.17 bits per heavy atom. The van der Waals surface area contributed by atoms with Crippen LogP contribution in [0, 0.1) is 0 Å². The highest BCUT2D eigenvalue weighted by Crippen LogP contribution is 2.26. The molecule has 0 amide bonds. The second-order valence-electron chi connectivity index (χ2n) is 7.58. The first kappa shape index (κ1) is 22.2. The number of hydrogen-bond acceptors (Lipinski definition) is 5. The van der Waals surface area contributed by atoms with Crippen LogP contribution in [0.1, 0.15) is 55.3 Å². The van der Waals surface area contributed by atoms with Gasteiger partial charge in [-0.1, -0.05) is 31.1 Å². The number of aryl methyl sites for hydroxylation is 2. The lowest BCUT2D eigenvalue weighted by Gasteiger charge is -2.29. The molecule has 2 N–H and O–H groups in total. The number of hydrogen-bond donors (Lipinski definition) is 2. The Balaban J connectivity index is 1.65. The average Bonchev–Trinajstić information content (AvgIpc) is 3.46. The second kappa shape index (κ2) is 11.0. The van der Waals surface area contributed by atoms with Crippen LogP contribution in [0.4, 0.5) is 0 Å². The lowest BCUT2D eigenvalue weighted by atomic mass is 10.1. The van der Waals surface area contributed by atoms with E-state index in [4.69, 9.17) is 9.26 Å². The summed E-state index contributed by atoms with van der Waals surface area (Å²) in [6, 6.07) is 8.70. The summed E-state index contributed by atoms with van der Waals surface area (Å²) in [6.45, 7) is 7.90. The highest BCUT2D eigenvalue weighted by molar-refractivity contribution is 5.79. The highest BCUT2D eigenvalue weighted by Gasteiger charge is 2.24. The molecule has 1 aliphatic rings. The van der Waals surface area contributed by atoms with E-state index in [0.717, 1.165) is 61.2 Å². The molecule has 7 heteroatoms. The van der Waals surface area contributed by atoms with Gasteiger partial charge in [-0.05, 0) is 50.0 Å². The van der Waals surface area contributed by atoms with Gasteiger partial charge in [0.15, 0.2) is 5.96 Å². The first-order chi connectivity index (χ1) is 14.7. The van der Waals surface area contributed by atoms with E-state index in [1.54, 1.807) is 7.11 Å². The van der Waals surface area contributed by atoms with E-state index in [1.165, 1.54) is 18.4 Å². The minimum Gasteiger partial charge on any atom is -0.497 e. The number of nitrogens with one attached hydrogen (secondary N) is 2. The summed E-state index contributed by atoms with van der Waals surface area (Å²) in [5.41, 5.74) is 3.46. The predicted molar refractivity (Wildman–Crippen MR) is 120 cm³/mol. The number of nitrogens with zero attached hydrogens (tertiary/aromatic N) is 3. The number of likely N-dealkylation sites (tertiary alicyclic amines) is 1. The molecule has 1 aromatic heterocycles. The number of methoxy groups -OCH3 is 1. The maximum atomic E-state index is 5.48. The molecule has 0 spiro atoms. The van der Waals surface area contributed by atoms with Gasteiger partial charge in [-0.15, -0.1) is 0 Å². The summed E-state index contributed by atoms with van der Waals surface area (Å²) < 4.78 is 10.8. The van der Waals surface area contributed by atoms with Crippen molar-refractivity contribution in [3.8, 4) is 5.75 Å². The van der Waals surface area contributed by atoms with E-state index >= 15 is 0 Å². The third kappa shape index (κ3) is 5.33. The Morgan fingerprint density at radius 2 is 1.90 bits per heavy atom. The van der Waals surface area contributed by atoms with Gasteiger partial charge in [0.2, 0.25) is 0 Å². The molecule has 2 heterocycles. The molecular weight excluding hydrogens is 378 g/mol. The van der Waals surface area contributed by atoms with Crippen molar-refractivity contribution >= 4 is 5.96 Å². The number of benzene rings is 1. The molecule has 1 atom stereocenters. The zero-order valence-electron chi connectivity index (χ0n) is 18.7. The quantitative estimate of drug-likeness (QED) is 0.485. The van der Waals surface area contributed by atoms with Gasteiger partial charge >= 0.3 is 0 Å². The number of aromatic nitrogens is 1. The smallest absolute Gasteiger partial charge is 0.191 e. The van der Waals surface area contributed by atoms with E-state index in [1.807, 2.05) is 19.2 Å². The zero-order valence-corrected chi connectivity index (χ0v) is 18.7. The molecule has 1 fully saturated rings. The lowest BCUT2D eigenvalue weighted by molar-refractivity contribution is 0.245. The van der Waals surface area contributed by atoms with Crippen LogP contribution >= 0.6 is 0 Å². The molecule has 0 bridgehead atoms. The van der Waals surface area contributed by atoms with Crippen LogP contribution in [-0.4, -0.2) is 49.8 Å². The number of ether oxygens (including phenoxy) is 1. The summed E-state index contributed by atoms with van der Waals surface area (Å²) >= 11 is 0. The maximum absolute atomic E-state index is 5.48. The van der Waals surface area contributed by atoms with Gasteiger partial charge in [0.05, 0.1) is 18.8 Å². The fourth-order valence-electron chi connectivity index (χ4n) is 4.06. The van der Waals surface area contributed by atoms with Crippen LogP contribution in [0.15, 0.2) is 33.8 Å². The van der Waals surface area contributed by atoms with Gasteiger partial charge in [0.1, 0.15) is 11.5 Å². The predicted octanol–water partition coefficient (Wildman–Crippen LogP) is 3.31. The Morgan fingerprint density at radius 3 is 2.50 bits per heavy atom. The van der Waals surface area contributed by atoms with Crippen LogP contribution < -0.4 is 15.4 Å². The third-order valence-electron chi connectivity index (χ3n) is 5.81. The summed E-state index contributed by atoms with van der Waals surface area (Å²) in [5.74, 6) is 2.62. The molecule has 1 aliphatic heterocycles. The van der Waals surface area contributed by atoms with Crippen molar-refractivity contribution < 1.29 is 9.26 Å². The Bertz CT molecular complexity index is 788. The topological polar surface area (TPSA) is 74.9 Å². The fourth-order valence-corrected chi connectivity index (χ4v) is 4.06. The number of aliphatic imine (C=N–C) groups is 1. The molecule has 164 valence electrons. The first-order valence-corrected chi connectivity index (χ1v) is 11.0. The average molecular weight is 414 g/mol. The van der Waals surface area contributed by atoms with Crippen LogP contribution in [0.25, 0.3) is 0 Å². The molecule has 1 unspecified atom stereocenters. The standard InChI is InChI=1S/C23H35N5O2/c1-5-20-19(22(6-2)30-27-20)15-25-23(24-3)26-16-21(28-13-7-8-14-28)17-9-11-18(29-4)12-10-17/h9-12,21H,5-8,13-16H2,1-4H3,(H2,24,25,26).